The first kappa shape index (κ1) is 15.5. The second-order valence-electron chi connectivity index (χ2n) is 4.96. The molecular formula is C15H23NO3. The molecule has 1 amide bonds. The molecule has 0 aliphatic heterocycles. The summed E-state index contributed by atoms with van der Waals surface area (Å²) in [4.78, 5) is 13.6. The molecule has 106 valence electrons. The maximum atomic E-state index is 12.1. The fraction of sp³-hybridized carbons (Fsp3) is 0.533. The molecule has 0 fully saturated rings. The number of amides is 1. The third-order valence-corrected chi connectivity index (χ3v) is 3.64. The maximum absolute atomic E-state index is 12.1. The topological polar surface area (TPSA) is 49.8 Å². The second kappa shape index (κ2) is 6.06. The van der Waals surface area contributed by atoms with Crippen LogP contribution in [0, 0.1) is 5.92 Å². The summed E-state index contributed by atoms with van der Waals surface area (Å²) in [5, 5.41) is 10.9. The third-order valence-electron chi connectivity index (χ3n) is 3.64. The van der Waals surface area contributed by atoms with Gasteiger partial charge in [-0.05, 0) is 24.1 Å². The van der Waals surface area contributed by atoms with Crippen LogP contribution < -0.4 is 4.74 Å². The van der Waals surface area contributed by atoms with Crippen LogP contribution in [0.3, 0.4) is 0 Å². The van der Waals surface area contributed by atoms with E-state index in [4.69, 9.17) is 4.74 Å². The van der Waals surface area contributed by atoms with Crippen molar-refractivity contribution in [2.75, 3.05) is 21.2 Å². The molecule has 4 heteroatoms. The van der Waals surface area contributed by atoms with E-state index in [1.807, 2.05) is 25.1 Å². The van der Waals surface area contributed by atoms with E-state index < -0.39 is 11.5 Å². The lowest BCUT2D eigenvalue weighted by Crippen LogP contribution is -2.42. The van der Waals surface area contributed by atoms with Gasteiger partial charge in [-0.25, -0.2) is 0 Å². The highest BCUT2D eigenvalue weighted by atomic mass is 16.5. The summed E-state index contributed by atoms with van der Waals surface area (Å²) in [7, 11) is 4.97. The van der Waals surface area contributed by atoms with Gasteiger partial charge in [-0.3, -0.25) is 4.79 Å². The number of carbonyl (C=O) groups is 1. The fourth-order valence-corrected chi connectivity index (χ4v) is 2.24. The van der Waals surface area contributed by atoms with Crippen LogP contribution in [0.15, 0.2) is 24.3 Å². The highest BCUT2D eigenvalue weighted by Crippen LogP contribution is 2.35. The number of nitrogens with zero attached hydrogens (tertiary/aromatic N) is 1. The number of methoxy groups -OCH3 is 1. The van der Waals surface area contributed by atoms with E-state index in [9.17, 15) is 9.90 Å². The number of aliphatic hydroxyl groups is 1. The summed E-state index contributed by atoms with van der Waals surface area (Å²) in [5.74, 6) is 0.0700. The molecule has 0 spiro atoms. The largest absolute Gasteiger partial charge is 0.497 e. The molecular weight excluding hydrogens is 242 g/mol. The molecule has 0 unspecified atom stereocenters. The molecule has 1 rings (SSSR count). The molecule has 0 radical (unpaired) electrons. The SMILES string of the molecule is CC[C@@](O)(c1cccc(OC)c1)[C@@H](C)C(=O)N(C)C. The first-order chi connectivity index (χ1) is 8.86. The molecule has 19 heavy (non-hydrogen) atoms. The van der Waals surface area contributed by atoms with E-state index >= 15 is 0 Å². The quantitative estimate of drug-likeness (QED) is 0.886. The van der Waals surface area contributed by atoms with E-state index in [1.54, 1.807) is 34.2 Å². The van der Waals surface area contributed by atoms with Gasteiger partial charge in [0, 0.05) is 14.1 Å². The van der Waals surface area contributed by atoms with Gasteiger partial charge in [0.1, 0.15) is 11.4 Å². The van der Waals surface area contributed by atoms with Crippen molar-refractivity contribution in [1.29, 1.82) is 0 Å². The van der Waals surface area contributed by atoms with Crippen LogP contribution in [0.25, 0.3) is 0 Å². The highest BCUT2D eigenvalue weighted by molar-refractivity contribution is 5.79. The minimum atomic E-state index is -1.18. The zero-order valence-corrected chi connectivity index (χ0v) is 12.3. The van der Waals surface area contributed by atoms with Gasteiger partial charge in [0.15, 0.2) is 0 Å². The predicted octanol–water partition coefficient (Wildman–Crippen LogP) is 2.02. The minimum absolute atomic E-state index is 0.0906. The van der Waals surface area contributed by atoms with Gasteiger partial charge >= 0.3 is 0 Å². The van der Waals surface area contributed by atoms with Gasteiger partial charge in [-0.1, -0.05) is 26.0 Å². The van der Waals surface area contributed by atoms with Crippen LogP contribution in [0.2, 0.25) is 0 Å². The van der Waals surface area contributed by atoms with Crippen molar-refractivity contribution in [3.8, 4) is 5.75 Å². The Morgan fingerprint density at radius 2 is 2.11 bits per heavy atom. The lowest BCUT2D eigenvalue weighted by atomic mass is 9.79. The Labute approximate surface area is 115 Å². The Balaban J connectivity index is 3.18. The number of rotatable bonds is 5. The summed E-state index contributed by atoms with van der Waals surface area (Å²) < 4.78 is 5.18. The van der Waals surface area contributed by atoms with Crippen molar-refractivity contribution in [1.82, 2.24) is 4.90 Å². The van der Waals surface area contributed by atoms with Crippen molar-refractivity contribution < 1.29 is 14.6 Å². The third kappa shape index (κ3) is 3.07. The first-order valence-corrected chi connectivity index (χ1v) is 6.44. The van der Waals surface area contributed by atoms with Crippen LogP contribution >= 0.6 is 0 Å². The smallest absolute Gasteiger partial charge is 0.228 e. The van der Waals surface area contributed by atoms with Gasteiger partial charge in [0.25, 0.3) is 0 Å². The zero-order valence-electron chi connectivity index (χ0n) is 12.3. The molecule has 0 aliphatic rings. The van der Waals surface area contributed by atoms with Crippen LogP contribution in [0.5, 0.6) is 5.75 Å². The summed E-state index contributed by atoms with van der Waals surface area (Å²) in [6.45, 7) is 3.63. The standard InChI is InChI=1S/C15H23NO3/c1-6-15(18,11(2)14(17)16(3)4)12-8-7-9-13(10-12)19-5/h7-11,18H,6H2,1-5H3/t11-,15-/m0/s1. The van der Waals surface area contributed by atoms with Crippen LogP contribution in [-0.4, -0.2) is 37.1 Å². The van der Waals surface area contributed by atoms with Crippen molar-refractivity contribution in [2.24, 2.45) is 5.92 Å². The second-order valence-corrected chi connectivity index (χ2v) is 4.96. The molecule has 0 saturated carbocycles. The molecule has 2 atom stereocenters. The van der Waals surface area contributed by atoms with Crippen LogP contribution in [0.1, 0.15) is 25.8 Å². The number of carbonyl (C=O) groups excluding carboxylic acids is 1. The highest BCUT2D eigenvalue weighted by Gasteiger charge is 2.39. The lowest BCUT2D eigenvalue weighted by molar-refractivity contribution is -0.143. The van der Waals surface area contributed by atoms with Crippen molar-refractivity contribution >= 4 is 5.91 Å². The molecule has 1 aromatic rings. The Morgan fingerprint density at radius 1 is 1.47 bits per heavy atom. The zero-order chi connectivity index (χ0) is 14.6. The molecule has 0 aliphatic carbocycles. The Bertz CT molecular complexity index is 445. The molecule has 1 aromatic carbocycles. The monoisotopic (exact) mass is 265 g/mol. The number of benzene rings is 1. The van der Waals surface area contributed by atoms with Crippen LogP contribution in [0.4, 0.5) is 0 Å². The van der Waals surface area contributed by atoms with Gasteiger partial charge in [0.05, 0.1) is 13.0 Å². The van der Waals surface area contributed by atoms with Crippen molar-refractivity contribution in [3.63, 3.8) is 0 Å². The molecule has 0 saturated heterocycles. The van der Waals surface area contributed by atoms with Gasteiger partial charge < -0.3 is 14.7 Å². The van der Waals surface area contributed by atoms with E-state index in [-0.39, 0.29) is 5.91 Å². The predicted molar refractivity (Wildman–Crippen MR) is 75.0 cm³/mol. The summed E-state index contributed by atoms with van der Waals surface area (Å²) in [5.41, 5.74) is -0.479. The van der Waals surface area contributed by atoms with Crippen molar-refractivity contribution in [2.45, 2.75) is 25.9 Å². The van der Waals surface area contributed by atoms with E-state index in [0.29, 0.717) is 17.7 Å². The maximum Gasteiger partial charge on any atom is 0.228 e. The van der Waals surface area contributed by atoms with Gasteiger partial charge in [-0.2, -0.15) is 0 Å². The average molecular weight is 265 g/mol. The molecule has 0 bridgehead atoms. The van der Waals surface area contributed by atoms with Gasteiger partial charge in [0.2, 0.25) is 5.91 Å². The Kier molecular flexibility index (Phi) is 4.95. The molecule has 0 aromatic heterocycles. The summed E-state index contributed by atoms with van der Waals surface area (Å²) in [6, 6.07) is 7.24. The average Bonchev–Trinajstić information content (AvgIpc) is 2.44. The van der Waals surface area contributed by atoms with Crippen molar-refractivity contribution in [3.05, 3.63) is 29.8 Å². The molecule has 4 nitrogen and oxygen atoms in total. The number of hydrogen-bond donors (Lipinski definition) is 1. The Hall–Kier alpha value is -1.55. The number of ether oxygens (including phenoxy) is 1. The minimum Gasteiger partial charge on any atom is -0.497 e. The van der Waals surface area contributed by atoms with Crippen LogP contribution in [-0.2, 0) is 10.4 Å². The van der Waals surface area contributed by atoms with E-state index in [0.717, 1.165) is 0 Å². The normalized spacial score (nSPS) is 15.5. The first-order valence-electron chi connectivity index (χ1n) is 6.44. The number of hydrogen-bond acceptors (Lipinski definition) is 3. The fourth-order valence-electron chi connectivity index (χ4n) is 2.24. The molecule has 0 heterocycles. The summed E-state index contributed by atoms with van der Waals surface area (Å²) >= 11 is 0. The molecule has 1 N–H and O–H groups in total. The Morgan fingerprint density at radius 3 is 2.58 bits per heavy atom. The van der Waals surface area contributed by atoms with E-state index in [1.165, 1.54) is 4.90 Å². The van der Waals surface area contributed by atoms with E-state index in [2.05, 4.69) is 0 Å². The lowest BCUT2D eigenvalue weighted by Gasteiger charge is -2.34. The summed E-state index contributed by atoms with van der Waals surface area (Å²) in [6.07, 6.45) is 0.459. The van der Waals surface area contributed by atoms with Gasteiger partial charge in [-0.15, -0.1) is 0 Å².